The van der Waals surface area contributed by atoms with Crippen LogP contribution >= 0.6 is 0 Å². The van der Waals surface area contributed by atoms with E-state index in [0.717, 1.165) is 22.9 Å². The van der Waals surface area contributed by atoms with Crippen molar-refractivity contribution in [2.75, 3.05) is 7.11 Å². The van der Waals surface area contributed by atoms with Crippen LogP contribution in [0.5, 0.6) is 0 Å². The maximum absolute atomic E-state index is 6.00. The summed E-state index contributed by atoms with van der Waals surface area (Å²) in [5.41, 5.74) is 1.97. The Morgan fingerprint density at radius 3 is 1.93 bits per heavy atom. The molecule has 0 aromatic rings. The van der Waals surface area contributed by atoms with E-state index in [0.29, 0.717) is 0 Å². The lowest BCUT2D eigenvalue weighted by Crippen LogP contribution is -2.32. The summed E-state index contributed by atoms with van der Waals surface area (Å²) >= 11 is 0. The zero-order valence-electron chi connectivity index (χ0n) is 10.5. The molecule has 2 heteroatoms. The average molecular weight is 226 g/mol. The monoisotopic (exact) mass is 226 g/mol. The second-order valence-corrected chi connectivity index (χ2v) is 8.97. The van der Waals surface area contributed by atoms with Crippen molar-refractivity contribution < 1.29 is 4.43 Å². The topological polar surface area (TPSA) is 9.23 Å². The normalized spacial score (nSPS) is 39.8. The highest BCUT2D eigenvalue weighted by molar-refractivity contribution is 6.55. The largest absolute Gasteiger partial charge is 0.423 e. The van der Waals surface area contributed by atoms with Crippen LogP contribution in [-0.4, -0.2) is 16.2 Å². The molecule has 15 heavy (non-hydrogen) atoms. The van der Waals surface area contributed by atoms with Gasteiger partial charge in [0.2, 0.25) is 0 Å². The standard InChI is InChI=1S/C13H26OSi/c1-10-8-9-11(2)13(10)15(14-3)12-6-4-5-7-12/h10-13,15H,4-9H2,1-3H3. The van der Waals surface area contributed by atoms with Crippen LogP contribution in [-0.2, 0) is 4.43 Å². The van der Waals surface area contributed by atoms with E-state index in [4.69, 9.17) is 4.43 Å². The summed E-state index contributed by atoms with van der Waals surface area (Å²) < 4.78 is 6.00. The maximum atomic E-state index is 6.00. The zero-order chi connectivity index (χ0) is 10.8. The van der Waals surface area contributed by atoms with Crippen molar-refractivity contribution in [1.29, 1.82) is 0 Å². The van der Waals surface area contributed by atoms with E-state index in [-0.39, 0.29) is 0 Å². The van der Waals surface area contributed by atoms with E-state index in [1.807, 2.05) is 7.11 Å². The second-order valence-electron chi connectivity index (χ2n) is 5.85. The smallest absolute Gasteiger partial charge is 0.183 e. The first-order valence-electron chi connectivity index (χ1n) is 6.76. The minimum Gasteiger partial charge on any atom is -0.423 e. The summed E-state index contributed by atoms with van der Waals surface area (Å²) in [6, 6.07) is 0. The molecule has 0 radical (unpaired) electrons. The summed E-state index contributed by atoms with van der Waals surface area (Å²) in [6.45, 7) is 4.92. The van der Waals surface area contributed by atoms with Crippen LogP contribution in [0.1, 0.15) is 52.4 Å². The molecular weight excluding hydrogens is 200 g/mol. The SMILES string of the molecule is CO[SiH](C1CCCC1)C1C(C)CCC1C. The highest BCUT2D eigenvalue weighted by Crippen LogP contribution is 2.49. The van der Waals surface area contributed by atoms with E-state index in [2.05, 4.69) is 13.8 Å². The Bertz CT molecular complexity index is 191. The fourth-order valence-electron chi connectivity index (χ4n) is 4.07. The van der Waals surface area contributed by atoms with Gasteiger partial charge in [-0.05, 0) is 22.9 Å². The lowest BCUT2D eigenvalue weighted by atomic mass is 10.1. The van der Waals surface area contributed by atoms with Gasteiger partial charge in [0.1, 0.15) is 0 Å². The molecule has 2 aliphatic carbocycles. The van der Waals surface area contributed by atoms with Gasteiger partial charge in [0, 0.05) is 7.11 Å². The summed E-state index contributed by atoms with van der Waals surface area (Å²) in [7, 11) is 1.06. The molecule has 0 N–H and O–H groups in total. The van der Waals surface area contributed by atoms with Gasteiger partial charge in [0.05, 0.1) is 0 Å². The van der Waals surface area contributed by atoms with Crippen LogP contribution in [0.25, 0.3) is 0 Å². The van der Waals surface area contributed by atoms with Crippen LogP contribution < -0.4 is 0 Å². The Morgan fingerprint density at radius 1 is 0.933 bits per heavy atom. The molecule has 3 atom stereocenters. The molecule has 1 nitrogen and oxygen atoms in total. The Labute approximate surface area is 96.3 Å². The average Bonchev–Trinajstić information content (AvgIpc) is 2.83. The van der Waals surface area contributed by atoms with Crippen LogP contribution in [0.4, 0.5) is 0 Å². The van der Waals surface area contributed by atoms with Crippen molar-refractivity contribution in [3.8, 4) is 0 Å². The summed E-state index contributed by atoms with van der Waals surface area (Å²) in [4.78, 5) is 0. The van der Waals surface area contributed by atoms with Crippen LogP contribution in [0.15, 0.2) is 0 Å². The second kappa shape index (κ2) is 5.01. The highest BCUT2D eigenvalue weighted by atomic mass is 28.3. The quantitative estimate of drug-likeness (QED) is 0.666. The predicted molar refractivity (Wildman–Crippen MR) is 67.7 cm³/mol. The first kappa shape index (κ1) is 11.7. The third-order valence-corrected chi connectivity index (χ3v) is 9.12. The molecule has 2 rings (SSSR count). The Morgan fingerprint density at radius 2 is 1.47 bits per heavy atom. The third kappa shape index (κ3) is 2.31. The van der Waals surface area contributed by atoms with Crippen LogP contribution in [0.3, 0.4) is 0 Å². The highest BCUT2D eigenvalue weighted by Gasteiger charge is 2.42. The van der Waals surface area contributed by atoms with Crippen LogP contribution in [0.2, 0.25) is 11.1 Å². The molecule has 0 heterocycles. The van der Waals surface area contributed by atoms with Gasteiger partial charge in [-0.2, -0.15) is 0 Å². The number of rotatable bonds is 3. The van der Waals surface area contributed by atoms with Crippen molar-refractivity contribution in [3.05, 3.63) is 0 Å². The van der Waals surface area contributed by atoms with Gasteiger partial charge in [-0.25, -0.2) is 0 Å². The van der Waals surface area contributed by atoms with Gasteiger partial charge >= 0.3 is 0 Å². The number of hydrogen-bond donors (Lipinski definition) is 0. The summed E-state index contributed by atoms with van der Waals surface area (Å²) in [6.07, 6.45) is 8.78. The first-order chi connectivity index (χ1) is 7.24. The molecule has 0 amide bonds. The van der Waals surface area contributed by atoms with E-state index < -0.39 is 9.04 Å². The van der Waals surface area contributed by atoms with Crippen molar-refractivity contribution in [1.82, 2.24) is 0 Å². The molecule has 0 bridgehead atoms. The summed E-state index contributed by atoms with van der Waals surface area (Å²) in [5.74, 6) is 1.88. The van der Waals surface area contributed by atoms with Gasteiger partial charge in [-0.15, -0.1) is 0 Å². The Balaban J connectivity index is 2.03. The summed E-state index contributed by atoms with van der Waals surface area (Å²) in [5, 5.41) is 0. The first-order valence-corrected chi connectivity index (χ1v) is 8.57. The van der Waals surface area contributed by atoms with E-state index in [9.17, 15) is 0 Å². The van der Waals surface area contributed by atoms with E-state index in [1.165, 1.54) is 38.5 Å². The van der Waals surface area contributed by atoms with E-state index in [1.54, 1.807) is 0 Å². The molecule has 2 saturated carbocycles. The third-order valence-electron chi connectivity index (χ3n) is 4.91. The van der Waals surface area contributed by atoms with Gasteiger partial charge in [-0.3, -0.25) is 0 Å². The maximum Gasteiger partial charge on any atom is 0.183 e. The van der Waals surface area contributed by atoms with E-state index >= 15 is 0 Å². The molecule has 2 fully saturated rings. The zero-order valence-corrected chi connectivity index (χ0v) is 11.7. The molecule has 3 unspecified atom stereocenters. The van der Waals surface area contributed by atoms with Gasteiger partial charge in [0.15, 0.2) is 9.04 Å². The predicted octanol–water partition coefficient (Wildman–Crippen LogP) is 3.74. The fraction of sp³-hybridized carbons (Fsp3) is 1.00. The molecule has 0 spiro atoms. The Kier molecular flexibility index (Phi) is 3.89. The lowest BCUT2D eigenvalue weighted by molar-refractivity contribution is 0.363. The fourth-order valence-corrected chi connectivity index (χ4v) is 8.21. The van der Waals surface area contributed by atoms with Gasteiger partial charge < -0.3 is 4.43 Å². The van der Waals surface area contributed by atoms with Crippen molar-refractivity contribution >= 4 is 9.04 Å². The Hall–Kier alpha value is 0.177. The number of hydrogen-bond acceptors (Lipinski definition) is 1. The van der Waals surface area contributed by atoms with Crippen molar-refractivity contribution in [3.63, 3.8) is 0 Å². The van der Waals surface area contributed by atoms with Gasteiger partial charge in [0.25, 0.3) is 0 Å². The minimum absolute atomic E-state index is 0.934. The van der Waals surface area contributed by atoms with Crippen molar-refractivity contribution in [2.45, 2.75) is 63.5 Å². The van der Waals surface area contributed by atoms with Gasteiger partial charge in [-0.1, -0.05) is 52.4 Å². The molecular formula is C13H26OSi. The molecule has 0 saturated heterocycles. The van der Waals surface area contributed by atoms with Crippen LogP contribution in [0, 0.1) is 11.8 Å². The minimum atomic E-state index is -0.934. The molecule has 2 aliphatic rings. The molecule has 0 aromatic heterocycles. The molecule has 0 aliphatic heterocycles. The lowest BCUT2D eigenvalue weighted by Gasteiger charge is -2.31. The molecule has 0 aromatic carbocycles. The molecule has 88 valence electrons. The van der Waals surface area contributed by atoms with Crippen molar-refractivity contribution in [2.24, 2.45) is 11.8 Å².